The van der Waals surface area contributed by atoms with E-state index in [2.05, 4.69) is 50.7 Å². The van der Waals surface area contributed by atoms with Gasteiger partial charge in [-0.1, -0.05) is 69.3 Å². The first-order valence-electron chi connectivity index (χ1n) is 9.72. The molecule has 0 fully saturated rings. The molecule has 0 aliphatic carbocycles. The van der Waals surface area contributed by atoms with E-state index in [1.807, 2.05) is 45.0 Å². The van der Waals surface area contributed by atoms with Gasteiger partial charge in [0.25, 0.3) is 11.3 Å². The highest BCUT2D eigenvalue weighted by Gasteiger charge is 2.23. The zero-order chi connectivity index (χ0) is 20.9. The zero-order valence-electron chi connectivity index (χ0n) is 16.9. The second kappa shape index (κ2) is 6.59. The summed E-state index contributed by atoms with van der Waals surface area (Å²) in [5.74, 6) is 0.272. The Morgan fingerprint density at radius 2 is 1.60 bits per heavy atom. The maximum absolute atomic E-state index is 13.2. The molecule has 2 aromatic heterocycles. The van der Waals surface area contributed by atoms with Gasteiger partial charge in [-0.05, 0) is 27.6 Å². The summed E-state index contributed by atoms with van der Waals surface area (Å²) in [4.78, 5) is 13.2. The van der Waals surface area contributed by atoms with E-state index in [9.17, 15) is 4.79 Å². The Morgan fingerprint density at radius 3 is 2.23 bits per heavy atom. The average molecular weight is 396 g/mol. The summed E-state index contributed by atoms with van der Waals surface area (Å²) in [6.07, 6.45) is 3.20. The fraction of sp³-hybridized carbons (Fsp3) is 0.174. The van der Waals surface area contributed by atoms with Crippen molar-refractivity contribution < 1.29 is 0 Å². The third-order valence-corrected chi connectivity index (χ3v) is 5.13. The highest BCUT2D eigenvalue weighted by atomic mass is 16.1. The molecule has 5 rings (SSSR count). The topological polar surface area (TPSA) is 77.4 Å². The van der Waals surface area contributed by atoms with Gasteiger partial charge < -0.3 is 0 Å². The molecule has 5 aromatic rings. The van der Waals surface area contributed by atoms with Crippen LogP contribution >= 0.6 is 0 Å². The zero-order valence-corrected chi connectivity index (χ0v) is 16.9. The Balaban J connectivity index is 1.80. The van der Waals surface area contributed by atoms with Gasteiger partial charge in [-0.2, -0.15) is 19.4 Å². The molecule has 0 aliphatic rings. The van der Waals surface area contributed by atoms with Gasteiger partial charge in [-0.15, -0.1) is 10.2 Å². The van der Waals surface area contributed by atoms with Crippen molar-refractivity contribution in [2.45, 2.75) is 26.2 Å². The largest absolute Gasteiger partial charge is 0.298 e. The van der Waals surface area contributed by atoms with Crippen molar-refractivity contribution in [1.82, 2.24) is 24.5 Å². The first kappa shape index (κ1) is 18.2. The van der Waals surface area contributed by atoms with Crippen LogP contribution in [-0.4, -0.2) is 30.7 Å². The molecule has 0 bridgehead atoms. The number of hydrogen-bond acceptors (Lipinski definition) is 5. The lowest BCUT2D eigenvalue weighted by molar-refractivity contribution is 0.529. The van der Waals surface area contributed by atoms with Crippen LogP contribution in [-0.2, 0) is 5.41 Å². The summed E-state index contributed by atoms with van der Waals surface area (Å²) in [6, 6.07) is 18.5. The number of nitrogens with zero attached hydrogens (tertiary/aromatic N) is 6. The minimum atomic E-state index is -0.445. The number of rotatable bonds is 2. The van der Waals surface area contributed by atoms with Crippen LogP contribution in [0.2, 0.25) is 0 Å². The predicted molar refractivity (Wildman–Crippen MR) is 118 cm³/mol. The van der Waals surface area contributed by atoms with Crippen LogP contribution in [0.15, 0.2) is 70.8 Å². The lowest BCUT2D eigenvalue weighted by Crippen LogP contribution is -2.33. The molecule has 0 saturated heterocycles. The van der Waals surface area contributed by atoms with Crippen molar-refractivity contribution in [1.29, 1.82) is 0 Å². The molecule has 7 nitrogen and oxygen atoms in total. The first-order valence-corrected chi connectivity index (χ1v) is 9.72. The van der Waals surface area contributed by atoms with E-state index in [1.54, 1.807) is 6.21 Å². The fourth-order valence-electron chi connectivity index (χ4n) is 3.65. The van der Waals surface area contributed by atoms with Crippen molar-refractivity contribution in [2.75, 3.05) is 0 Å². The Morgan fingerprint density at radius 1 is 0.967 bits per heavy atom. The van der Waals surface area contributed by atoms with Gasteiger partial charge in [0.1, 0.15) is 12.0 Å². The van der Waals surface area contributed by atoms with Gasteiger partial charge in [-0.25, -0.2) is 0 Å². The Kier molecular flexibility index (Phi) is 3.99. The Hall–Kier alpha value is -3.87. The normalized spacial score (nSPS) is 12.5. The molecular weight excluding hydrogens is 376 g/mol. The molecule has 3 aromatic carbocycles. The molecule has 0 atom stereocenters. The van der Waals surface area contributed by atoms with Crippen LogP contribution in [0.1, 0.15) is 32.0 Å². The summed E-state index contributed by atoms with van der Waals surface area (Å²) in [5, 5.41) is 21.3. The molecule has 0 saturated carbocycles. The number of benzene rings is 3. The number of aromatic nitrogens is 5. The molecule has 148 valence electrons. The second-order valence-corrected chi connectivity index (χ2v) is 8.27. The third kappa shape index (κ3) is 2.86. The summed E-state index contributed by atoms with van der Waals surface area (Å²) in [6.45, 7) is 5.83. The second-order valence-electron chi connectivity index (χ2n) is 8.27. The van der Waals surface area contributed by atoms with Gasteiger partial charge in [0.15, 0.2) is 0 Å². The number of hydrogen-bond donors (Lipinski definition) is 0. The molecule has 0 N–H and O–H groups in total. The minimum Gasteiger partial charge on any atom is -0.265 e. The highest BCUT2D eigenvalue weighted by molar-refractivity contribution is 6.13. The Labute approximate surface area is 172 Å². The van der Waals surface area contributed by atoms with Crippen molar-refractivity contribution >= 4 is 33.5 Å². The standard InChI is InChI=1S/C23H20N6O/c1-23(2,3)20-21(30)29(22-26-24-14-28(22)27-20)25-13-19-17-10-6-4-8-15(17)12-16-9-5-7-11-18(16)19/h4-14H,1-3H3/b25-13+. The summed E-state index contributed by atoms with van der Waals surface area (Å²) >= 11 is 0. The molecule has 0 radical (unpaired) electrons. The van der Waals surface area contributed by atoms with Crippen LogP contribution in [0.3, 0.4) is 0 Å². The number of fused-ring (bicyclic) bond motifs is 3. The SMILES string of the molecule is CC(C)(C)c1nn2cnnc2n(/N=C/c2c3ccccc3cc3ccccc23)c1=O. The van der Waals surface area contributed by atoms with E-state index < -0.39 is 5.41 Å². The summed E-state index contributed by atoms with van der Waals surface area (Å²) in [7, 11) is 0. The lowest BCUT2D eigenvalue weighted by atomic mass is 9.93. The summed E-state index contributed by atoms with van der Waals surface area (Å²) in [5.41, 5.74) is 0.597. The van der Waals surface area contributed by atoms with Crippen LogP contribution in [0, 0.1) is 0 Å². The lowest BCUT2D eigenvalue weighted by Gasteiger charge is -2.17. The summed E-state index contributed by atoms with van der Waals surface area (Å²) < 4.78 is 2.76. The molecule has 7 heteroatoms. The Bertz CT molecular complexity index is 1450. The smallest absolute Gasteiger partial charge is 0.265 e. The van der Waals surface area contributed by atoms with E-state index >= 15 is 0 Å². The maximum Gasteiger partial charge on any atom is 0.298 e. The van der Waals surface area contributed by atoms with Crippen LogP contribution in [0.4, 0.5) is 0 Å². The van der Waals surface area contributed by atoms with Crippen LogP contribution < -0.4 is 5.56 Å². The molecule has 30 heavy (non-hydrogen) atoms. The van der Waals surface area contributed by atoms with Gasteiger partial charge in [-0.3, -0.25) is 4.79 Å². The molecule has 0 aliphatic heterocycles. The van der Waals surface area contributed by atoms with E-state index in [-0.39, 0.29) is 11.3 Å². The molecule has 0 spiro atoms. The van der Waals surface area contributed by atoms with Crippen molar-refractivity contribution in [3.63, 3.8) is 0 Å². The first-order chi connectivity index (χ1) is 14.4. The molecular formula is C23H20N6O. The van der Waals surface area contributed by atoms with Crippen molar-refractivity contribution in [2.24, 2.45) is 5.10 Å². The average Bonchev–Trinajstić information content (AvgIpc) is 3.19. The van der Waals surface area contributed by atoms with Gasteiger partial charge in [0.2, 0.25) is 0 Å². The maximum atomic E-state index is 13.2. The van der Waals surface area contributed by atoms with E-state index in [1.165, 1.54) is 15.5 Å². The van der Waals surface area contributed by atoms with Gasteiger partial charge in [0.05, 0.1) is 6.21 Å². The van der Waals surface area contributed by atoms with Crippen LogP contribution in [0.25, 0.3) is 27.3 Å². The van der Waals surface area contributed by atoms with Gasteiger partial charge in [0, 0.05) is 11.0 Å². The van der Waals surface area contributed by atoms with Crippen molar-refractivity contribution in [3.05, 3.63) is 82.5 Å². The monoisotopic (exact) mass is 396 g/mol. The van der Waals surface area contributed by atoms with E-state index in [4.69, 9.17) is 0 Å². The fourth-order valence-corrected chi connectivity index (χ4v) is 3.65. The van der Waals surface area contributed by atoms with Gasteiger partial charge >= 0.3 is 0 Å². The quantitative estimate of drug-likeness (QED) is 0.336. The molecule has 0 unspecified atom stereocenters. The highest BCUT2D eigenvalue weighted by Crippen LogP contribution is 2.27. The minimum absolute atomic E-state index is 0.272. The third-order valence-electron chi connectivity index (χ3n) is 5.13. The van der Waals surface area contributed by atoms with Crippen LogP contribution in [0.5, 0.6) is 0 Å². The van der Waals surface area contributed by atoms with E-state index in [0.717, 1.165) is 27.1 Å². The van der Waals surface area contributed by atoms with E-state index in [0.29, 0.717) is 5.69 Å². The molecule has 0 amide bonds. The van der Waals surface area contributed by atoms with Crippen molar-refractivity contribution in [3.8, 4) is 0 Å². The predicted octanol–water partition coefficient (Wildman–Crippen LogP) is 3.77. The molecule has 2 heterocycles.